The molecular weight excluding hydrogens is 300 g/mol. The molecule has 120 valence electrons. The van der Waals surface area contributed by atoms with E-state index in [0.29, 0.717) is 0 Å². The molecule has 0 radical (unpaired) electrons. The van der Waals surface area contributed by atoms with Gasteiger partial charge in [0.25, 0.3) is 0 Å². The van der Waals surface area contributed by atoms with E-state index in [-0.39, 0.29) is 11.7 Å². The summed E-state index contributed by atoms with van der Waals surface area (Å²) in [6.07, 6.45) is -3.82. The smallest absolute Gasteiger partial charge is 0.330 e. The molecule has 1 aromatic rings. The maximum Gasteiger partial charge on any atom is 0.330 e. The normalized spacial score (nSPS) is 15.2. The molecule has 2 atom stereocenters. The Balaban J connectivity index is 2.55. The van der Waals surface area contributed by atoms with Crippen LogP contribution < -0.4 is 0 Å². The zero-order valence-electron chi connectivity index (χ0n) is 11.2. The third kappa shape index (κ3) is 4.66. The van der Waals surface area contributed by atoms with Gasteiger partial charge >= 0.3 is 18.3 Å². The highest BCUT2D eigenvalue weighted by atomic mass is 19.3. The number of nitrogens with zero attached hydrogens (tertiary/aromatic N) is 2. The standard InChI is InChI=1S/C11H14F4N2O4/c1-5(6(2)9(18)19)8-16-7(17-21-8)3-20-4-11(14,15)10(12)13/h5-6,10H,3-4H2,1-2H3,(H,18,19). The van der Waals surface area contributed by atoms with Gasteiger partial charge in [-0.3, -0.25) is 4.79 Å². The lowest BCUT2D eigenvalue weighted by Crippen LogP contribution is -2.32. The van der Waals surface area contributed by atoms with E-state index >= 15 is 0 Å². The van der Waals surface area contributed by atoms with Crippen LogP contribution in [0.1, 0.15) is 31.5 Å². The number of hydrogen-bond acceptors (Lipinski definition) is 5. The number of rotatable bonds is 8. The summed E-state index contributed by atoms with van der Waals surface area (Å²) >= 11 is 0. The highest BCUT2D eigenvalue weighted by molar-refractivity contribution is 5.70. The van der Waals surface area contributed by atoms with E-state index in [4.69, 9.17) is 9.63 Å². The first kappa shape index (κ1) is 17.3. The monoisotopic (exact) mass is 314 g/mol. The average molecular weight is 314 g/mol. The van der Waals surface area contributed by atoms with E-state index in [2.05, 4.69) is 14.9 Å². The Labute approximate surface area is 117 Å². The number of halogens is 4. The molecule has 2 unspecified atom stereocenters. The van der Waals surface area contributed by atoms with Gasteiger partial charge in [0.05, 0.1) is 5.92 Å². The Morgan fingerprint density at radius 2 is 2.05 bits per heavy atom. The van der Waals surface area contributed by atoms with E-state index in [1.807, 2.05) is 0 Å². The minimum Gasteiger partial charge on any atom is -0.481 e. The lowest BCUT2D eigenvalue weighted by atomic mass is 9.96. The minimum atomic E-state index is -4.25. The number of carbonyl (C=O) groups is 1. The summed E-state index contributed by atoms with van der Waals surface area (Å²) in [6.45, 7) is 0.966. The summed E-state index contributed by atoms with van der Waals surface area (Å²) in [4.78, 5) is 14.6. The fourth-order valence-corrected chi connectivity index (χ4v) is 1.28. The zero-order chi connectivity index (χ0) is 16.2. The molecule has 0 spiro atoms. The summed E-state index contributed by atoms with van der Waals surface area (Å²) in [5.74, 6) is -6.81. The van der Waals surface area contributed by atoms with Gasteiger partial charge in [0.1, 0.15) is 13.2 Å². The van der Waals surface area contributed by atoms with Crippen LogP contribution in [-0.4, -0.2) is 40.2 Å². The number of hydrogen-bond donors (Lipinski definition) is 1. The first-order valence-corrected chi connectivity index (χ1v) is 5.94. The molecule has 0 aliphatic carbocycles. The molecule has 1 aromatic heterocycles. The van der Waals surface area contributed by atoms with Crippen molar-refractivity contribution in [2.24, 2.45) is 5.92 Å². The van der Waals surface area contributed by atoms with Gasteiger partial charge in [0.2, 0.25) is 5.89 Å². The third-order valence-electron chi connectivity index (χ3n) is 2.86. The van der Waals surface area contributed by atoms with Crippen LogP contribution in [0.15, 0.2) is 4.52 Å². The van der Waals surface area contributed by atoms with Gasteiger partial charge in [-0.15, -0.1) is 0 Å². The molecule has 10 heteroatoms. The van der Waals surface area contributed by atoms with Gasteiger partial charge in [-0.25, -0.2) is 8.78 Å². The Hall–Kier alpha value is -1.71. The molecule has 1 heterocycles. The van der Waals surface area contributed by atoms with Crippen LogP contribution >= 0.6 is 0 Å². The summed E-state index contributed by atoms with van der Waals surface area (Å²) in [6, 6.07) is 0. The van der Waals surface area contributed by atoms with Crippen LogP contribution in [0.4, 0.5) is 17.6 Å². The average Bonchev–Trinajstić information content (AvgIpc) is 2.85. The Morgan fingerprint density at radius 3 is 2.57 bits per heavy atom. The van der Waals surface area contributed by atoms with E-state index in [0.717, 1.165) is 0 Å². The van der Waals surface area contributed by atoms with Crippen molar-refractivity contribution < 1.29 is 36.7 Å². The largest absolute Gasteiger partial charge is 0.481 e. The lowest BCUT2D eigenvalue weighted by molar-refractivity contribution is -0.168. The van der Waals surface area contributed by atoms with Crippen LogP contribution in [0.2, 0.25) is 0 Å². The zero-order valence-corrected chi connectivity index (χ0v) is 11.2. The molecule has 0 aromatic carbocycles. The molecular formula is C11H14F4N2O4. The molecule has 6 nitrogen and oxygen atoms in total. The van der Waals surface area contributed by atoms with Crippen molar-refractivity contribution in [3.8, 4) is 0 Å². The van der Waals surface area contributed by atoms with Gasteiger partial charge < -0.3 is 14.4 Å². The maximum atomic E-state index is 12.6. The van der Waals surface area contributed by atoms with Crippen molar-refractivity contribution in [1.29, 1.82) is 0 Å². The van der Waals surface area contributed by atoms with Crippen molar-refractivity contribution in [2.45, 2.75) is 38.7 Å². The highest BCUT2D eigenvalue weighted by Crippen LogP contribution is 2.24. The van der Waals surface area contributed by atoms with E-state index in [9.17, 15) is 22.4 Å². The van der Waals surface area contributed by atoms with Crippen LogP contribution in [0.5, 0.6) is 0 Å². The number of aromatic nitrogens is 2. The van der Waals surface area contributed by atoms with Gasteiger partial charge in [0, 0.05) is 5.92 Å². The third-order valence-corrected chi connectivity index (χ3v) is 2.86. The second-order valence-electron chi connectivity index (χ2n) is 4.52. The molecule has 21 heavy (non-hydrogen) atoms. The Bertz CT molecular complexity index is 481. The second kappa shape index (κ2) is 6.83. The molecule has 1 rings (SSSR count). The van der Waals surface area contributed by atoms with Crippen molar-refractivity contribution in [3.63, 3.8) is 0 Å². The fourth-order valence-electron chi connectivity index (χ4n) is 1.28. The molecule has 0 saturated heterocycles. The van der Waals surface area contributed by atoms with Crippen LogP contribution in [0.25, 0.3) is 0 Å². The Kier molecular flexibility index (Phi) is 5.64. The van der Waals surface area contributed by atoms with E-state index < -0.39 is 43.4 Å². The quantitative estimate of drug-likeness (QED) is 0.741. The fraction of sp³-hybridized carbons (Fsp3) is 0.727. The van der Waals surface area contributed by atoms with Gasteiger partial charge in [-0.05, 0) is 0 Å². The summed E-state index contributed by atoms with van der Waals surface area (Å²) in [7, 11) is 0. The van der Waals surface area contributed by atoms with Crippen LogP contribution in [0.3, 0.4) is 0 Å². The SMILES string of the molecule is CC(C(=O)O)C(C)c1nc(COCC(F)(F)C(F)F)no1. The van der Waals surface area contributed by atoms with Crippen molar-refractivity contribution >= 4 is 5.97 Å². The van der Waals surface area contributed by atoms with Crippen molar-refractivity contribution in [2.75, 3.05) is 6.61 Å². The van der Waals surface area contributed by atoms with E-state index in [1.165, 1.54) is 6.92 Å². The topological polar surface area (TPSA) is 85.5 Å². The second-order valence-corrected chi connectivity index (χ2v) is 4.52. The summed E-state index contributed by atoms with van der Waals surface area (Å²) in [5, 5.41) is 12.2. The number of aliphatic carboxylic acids is 1. The van der Waals surface area contributed by atoms with Crippen LogP contribution in [-0.2, 0) is 16.1 Å². The van der Waals surface area contributed by atoms with Crippen molar-refractivity contribution in [3.05, 3.63) is 11.7 Å². The number of ether oxygens (including phenoxy) is 1. The van der Waals surface area contributed by atoms with E-state index in [1.54, 1.807) is 6.92 Å². The van der Waals surface area contributed by atoms with Gasteiger partial charge in [0.15, 0.2) is 5.82 Å². The number of alkyl halides is 4. The molecule has 0 aliphatic heterocycles. The minimum absolute atomic E-state index is 0.00381. The summed E-state index contributed by atoms with van der Waals surface area (Å²) in [5.41, 5.74) is 0. The van der Waals surface area contributed by atoms with Crippen molar-refractivity contribution in [1.82, 2.24) is 10.1 Å². The summed E-state index contributed by atoms with van der Waals surface area (Å²) < 4.78 is 58.1. The molecule has 0 aliphatic rings. The van der Waals surface area contributed by atoms with Gasteiger partial charge in [-0.1, -0.05) is 19.0 Å². The highest BCUT2D eigenvalue weighted by Gasteiger charge is 2.41. The molecule has 0 amide bonds. The van der Waals surface area contributed by atoms with Gasteiger partial charge in [-0.2, -0.15) is 13.8 Å². The molecule has 0 bridgehead atoms. The first-order valence-electron chi connectivity index (χ1n) is 5.94. The predicted octanol–water partition coefficient (Wildman–Crippen LogP) is 2.31. The van der Waals surface area contributed by atoms with Crippen LogP contribution in [0, 0.1) is 5.92 Å². The number of carboxylic acid groups (broad SMARTS) is 1. The molecule has 1 N–H and O–H groups in total. The molecule has 0 saturated carbocycles. The Morgan fingerprint density at radius 1 is 1.43 bits per heavy atom. The number of carboxylic acids is 1. The maximum absolute atomic E-state index is 12.6. The predicted molar refractivity (Wildman–Crippen MR) is 60.1 cm³/mol. The first-order chi connectivity index (χ1) is 9.65. The lowest BCUT2D eigenvalue weighted by Gasteiger charge is -2.14. The molecule has 0 fully saturated rings.